The highest BCUT2D eigenvalue weighted by Gasteiger charge is 2.83. The van der Waals surface area contributed by atoms with Gasteiger partial charge in [-0.15, -0.1) is 0 Å². The summed E-state index contributed by atoms with van der Waals surface area (Å²) in [6, 6.07) is 5.83. The largest absolute Gasteiger partial charge is 0.497 e. The first kappa shape index (κ1) is 27.5. The molecule has 6 nitrogen and oxygen atoms in total. The fourth-order valence-electron chi connectivity index (χ4n) is 10.1. The van der Waals surface area contributed by atoms with Crippen molar-refractivity contribution in [3.63, 3.8) is 0 Å². The van der Waals surface area contributed by atoms with Gasteiger partial charge in [0.25, 0.3) is 0 Å². The van der Waals surface area contributed by atoms with Gasteiger partial charge in [-0.25, -0.2) is 0 Å². The number of ether oxygens (including phenoxy) is 2. The average molecular weight is 594 g/mol. The van der Waals surface area contributed by atoms with E-state index in [4.69, 9.17) is 9.47 Å². The fraction of sp³-hybridized carbons (Fsp3) is 0.806. The summed E-state index contributed by atoms with van der Waals surface area (Å²) in [7, 11) is 1.64. The lowest BCUT2D eigenvalue weighted by molar-refractivity contribution is -0.218. The molecule has 1 aromatic rings. The number of rotatable bonds is 8. The normalized spacial score (nSPS) is 43.6. The van der Waals surface area contributed by atoms with Gasteiger partial charge in [-0.2, -0.15) is 0 Å². The smallest absolute Gasteiger partial charge is 0.119 e. The molecule has 5 aliphatic rings. The Kier molecular flexibility index (Phi) is 6.81. The zero-order chi connectivity index (χ0) is 27.0. The van der Waals surface area contributed by atoms with E-state index in [0.29, 0.717) is 24.7 Å². The summed E-state index contributed by atoms with van der Waals surface area (Å²) in [4.78, 5) is 0. The van der Waals surface area contributed by atoms with Gasteiger partial charge in [0.15, 0.2) is 0 Å². The number of methoxy groups -OCH3 is 1. The third-order valence-corrected chi connectivity index (χ3v) is 13.1. The van der Waals surface area contributed by atoms with Crippen molar-refractivity contribution in [3.8, 4) is 5.75 Å². The van der Waals surface area contributed by atoms with E-state index < -0.39 is 11.0 Å². The second-order valence-corrected chi connectivity index (χ2v) is 14.6. The van der Waals surface area contributed by atoms with Crippen molar-refractivity contribution in [2.24, 2.45) is 28.1 Å². The van der Waals surface area contributed by atoms with E-state index in [2.05, 4.69) is 22.9 Å². The SMILES string of the molecule is COc1ccc(Br)c(CC(CO)(CO)CC[C@]23CCCCC2(O)CC[C@H]2[C@@H]4CCC(O)[C@@]4(C)CC4O[C@@]423)c1. The summed E-state index contributed by atoms with van der Waals surface area (Å²) >= 11 is 3.66. The summed E-state index contributed by atoms with van der Waals surface area (Å²) in [5.74, 6) is 1.53. The summed E-state index contributed by atoms with van der Waals surface area (Å²) in [6.07, 6.45) is 10.0. The molecule has 1 spiro atoms. The summed E-state index contributed by atoms with van der Waals surface area (Å²) in [6.45, 7) is 2.01. The highest BCUT2D eigenvalue weighted by atomic mass is 79.9. The molecule has 0 aromatic heterocycles. The number of hydrogen-bond acceptors (Lipinski definition) is 6. The zero-order valence-corrected chi connectivity index (χ0v) is 24.5. The van der Waals surface area contributed by atoms with Crippen molar-refractivity contribution in [2.45, 2.75) is 107 Å². The standard InChI is InChI=1S/C31H45BrO6/c1-27-17-26-31(38-26)23(22(27)6-8-25(27)35)9-12-30(36)11-4-3-10-29(30,31)14-13-28(18-33,19-34)16-20-15-21(37-2)5-7-24(20)32/h5,7,15,22-23,25-26,33-36H,3-4,6,8-14,16-19H2,1-2H3/t22-,23-,25?,26?,27-,29+,30?,31+/m0/s1. The van der Waals surface area contributed by atoms with Gasteiger partial charge in [-0.1, -0.05) is 35.7 Å². The molecular formula is C31H45BrO6. The number of halogens is 1. The van der Waals surface area contributed by atoms with Crippen molar-refractivity contribution in [3.05, 3.63) is 28.2 Å². The molecule has 1 aromatic carbocycles. The predicted molar refractivity (Wildman–Crippen MR) is 148 cm³/mol. The molecule has 0 amide bonds. The minimum absolute atomic E-state index is 0.0802. The molecule has 4 N–H and O–H groups in total. The van der Waals surface area contributed by atoms with Crippen LogP contribution in [0, 0.1) is 28.1 Å². The number of fused-ring (bicyclic) bond motifs is 3. The van der Waals surface area contributed by atoms with Gasteiger partial charge in [0.1, 0.15) is 11.4 Å². The van der Waals surface area contributed by atoms with Crippen LogP contribution in [0.4, 0.5) is 0 Å². The molecule has 1 aliphatic heterocycles. The Balaban J connectivity index is 1.34. The summed E-state index contributed by atoms with van der Waals surface area (Å²) in [5, 5.41) is 44.8. The van der Waals surface area contributed by atoms with Crippen molar-refractivity contribution in [1.82, 2.24) is 0 Å². The van der Waals surface area contributed by atoms with Crippen molar-refractivity contribution in [1.29, 1.82) is 0 Å². The highest BCUT2D eigenvalue weighted by Crippen LogP contribution is 2.77. The Labute approximate surface area is 235 Å². The van der Waals surface area contributed by atoms with Crippen LogP contribution in [0.15, 0.2) is 22.7 Å². The van der Waals surface area contributed by atoms with E-state index in [1.807, 2.05) is 18.2 Å². The molecule has 4 aliphatic carbocycles. The minimum Gasteiger partial charge on any atom is -0.497 e. The average Bonchev–Trinajstić information content (AvgIpc) is 3.56. The monoisotopic (exact) mass is 592 g/mol. The molecule has 6 rings (SSSR count). The zero-order valence-electron chi connectivity index (χ0n) is 22.9. The highest BCUT2D eigenvalue weighted by molar-refractivity contribution is 9.10. The number of benzene rings is 1. The summed E-state index contributed by atoms with van der Waals surface area (Å²) < 4.78 is 13.2. The lowest BCUT2D eigenvalue weighted by Crippen LogP contribution is -2.68. The van der Waals surface area contributed by atoms with Gasteiger partial charge < -0.3 is 29.9 Å². The van der Waals surface area contributed by atoms with Gasteiger partial charge in [0.05, 0.1) is 38.1 Å². The number of hydrogen-bond donors (Lipinski definition) is 4. The van der Waals surface area contributed by atoms with Gasteiger partial charge in [0, 0.05) is 15.3 Å². The maximum atomic E-state index is 12.4. The Morgan fingerprint density at radius 2 is 1.84 bits per heavy atom. The Hall–Kier alpha value is -0.700. The second kappa shape index (κ2) is 9.42. The molecule has 0 bridgehead atoms. The molecule has 5 fully saturated rings. The van der Waals surface area contributed by atoms with E-state index >= 15 is 0 Å². The molecule has 4 saturated carbocycles. The molecule has 38 heavy (non-hydrogen) atoms. The predicted octanol–water partition coefficient (Wildman–Crippen LogP) is 4.77. The fourth-order valence-corrected chi connectivity index (χ4v) is 10.5. The van der Waals surface area contributed by atoms with Crippen LogP contribution in [-0.4, -0.2) is 64.2 Å². The van der Waals surface area contributed by atoms with E-state index in [-0.39, 0.29) is 41.9 Å². The van der Waals surface area contributed by atoms with Crippen LogP contribution in [0.1, 0.15) is 83.1 Å². The van der Waals surface area contributed by atoms with E-state index in [1.54, 1.807) is 7.11 Å². The number of aliphatic hydroxyl groups is 4. The van der Waals surface area contributed by atoms with Crippen LogP contribution >= 0.6 is 15.9 Å². The van der Waals surface area contributed by atoms with E-state index in [0.717, 1.165) is 80.0 Å². The topological polar surface area (TPSA) is 103 Å². The molecule has 1 heterocycles. The van der Waals surface area contributed by atoms with Crippen molar-refractivity contribution in [2.75, 3.05) is 20.3 Å². The quantitative estimate of drug-likeness (QED) is 0.324. The van der Waals surface area contributed by atoms with E-state index in [9.17, 15) is 20.4 Å². The molecule has 3 unspecified atom stereocenters. The Morgan fingerprint density at radius 3 is 2.58 bits per heavy atom. The van der Waals surface area contributed by atoms with Crippen LogP contribution in [0.25, 0.3) is 0 Å². The first-order chi connectivity index (χ1) is 18.1. The van der Waals surface area contributed by atoms with Crippen LogP contribution in [-0.2, 0) is 11.2 Å². The number of aliphatic hydroxyl groups excluding tert-OH is 3. The maximum absolute atomic E-state index is 12.4. The first-order valence-corrected chi connectivity index (χ1v) is 15.5. The van der Waals surface area contributed by atoms with E-state index in [1.165, 1.54) is 0 Å². The molecule has 0 radical (unpaired) electrons. The molecular weight excluding hydrogens is 548 g/mol. The van der Waals surface area contributed by atoms with Crippen LogP contribution in [0.5, 0.6) is 5.75 Å². The summed E-state index contributed by atoms with van der Waals surface area (Å²) in [5.41, 5.74) is -1.34. The third kappa shape index (κ3) is 3.68. The van der Waals surface area contributed by atoms with Crippen LogP contribution < -0.4 is 4.74 Å². The molecule has 7 heteroatoms. The molecule has 212 valence electrons. The van der Waals surface area contributed by atoms with Gasteiger partial charge in [-0.3, -0.25) is 0 Å². The third-order valence-electron chi connectivity index (χ3n) is 12.3. The minimum atomic E-state index is -0.783. The van der Waals surface area contributed by atoms with Crippen LogP contribution in [0.2, 0.25) is 0 Å². The van der Waals surface area contributed by atoms with Crippen molar-refractivity contribution < 1.29 is 29.9 Å². The van der Waals surface area contributed by atoms with Crippen LogP contribution in [0.3, 0.4) is 0 Å². The second-order valence-electron chi connectivity index (χ2n) is 13.7. The lowest BCUT2D eigenvalue weighted by atomic mass is 9.41. The van der Waals surface area contributed by atoms with Crippen molar-refractivity contribution >= 4 is 15.9 Å². The Bertz CT molecular complexity index is 1060. The maximum Gasteiger partial charge on any atom is 0.119 e. The molecule has 8 atom stereocenters. The number of epoxide rings is 1. The van der Waals surface area contributed by atoms with Gasteiger partial charge in [-0.05, 0) is 105 Å². The Morgan fingerprint density at radius 1 is 1.08 bits per heavy atom. The van der Waals surface area contributed by atoms with Gasteiger partial charge >= 0.3 is 0 Å². The van der Waals surface area contributed by atoms with Gasteiger partial charge in [0.2, 0.25) is 0 Å². The lowest BCUT2D eigenvalue weighted by Gasteiger charge is -2.63. The molecule has 1 saturated heterocycles. The first-order valence-electron chi connectivity index (χ1n) is 14.8.